The molecule has 0 radical (unpaired) electrons. The third-order valence-corrected chi connectivity index (χ3v) is 5.68. The molecule has 6 heteroatoms. The molecule has 0 spiro atoms. The number of para-hydroxylation sites is 1. The van der Waals surface area contributed by atoms with Gasteiger partial charge in [0.05, 0.1) is 16.8 Å². The van der Waals surface area contributed by atoms with Crippen LogP contribution in [0.2, 0.25) is 5.02 Å². The Hall–Kier alpha value is -2.79. The molecular weight excluding hydrogens is 410 g/mol. The first-order chi connectivity index (χ1) is 14.6. The van der Waals surface area contributed by atoms with Crippen molar-refractivity contribution >= 4 is 35.0 Å². The smallest absolute Gasteiger partial charge is 0.277 e. The van der Waals surface area contributed by atoms with E-state index < -0.39 is 0 Å². The van der Waals surface area contributed by atoms with E-state index in [4.69, 9.17) is 16.3 Å². The maximum absolute atomic E-state index is 12.1. The van der Waals surface area contributed by atoms with Crippen LogP contribution in [0, 0.1) is 6.92 Å². The number of allylic oxidation sites excluding steroid dienone is 1. The number of nitrogens with one attached hydrogen (secondary N) is 1. The van der Waals surface area contributed by atoms with Gasteiger partial charge in [-0.1, -0.05) is 29.8 Å². The molecule has 1 aliphatic rings. The Morgan fingerprint density at radius 1 is 1.26 bits per heavy atom. The molecule has 31 heavy (non-hydrogen) atoms. The van der Waals surface area contributed by atoms with Crippen LogP contribution in [0.3, 0.4) is 0 Å². The van der Waals surface area contributed by atoms with Gasteiger partial charge in [-0.05, 0) is 82.5 Å². The summed E-state index contributed by atoms with van der Waals surface area (Å²) in [6.45, 7) is 12.9. The number of aryl methyl sites for hydroxylation is 1. The van der Waals surface area contributed by atoms with Gasteiger partial charge in [0.25, 0.3) is 5.91 Å². The monoisotopic (exact) mass is 439 g/mol. The van der Waals surface area contributed by atoms with Crippen LogP contribution in [-0.2, 0) is 4.79 Å². The fraction of sp³-hybridized carbons (Fsp3) is 0.360. The number of rotatable bonds is 6. The van der Waals surface area contributed by atoms with Gasteiger partial charge in [0.15, 0.2) is 6.61 Å². The van der Waals surface area contributed by atoms with Gasteiger partial charge in [-0.15, -0.1) is 0 Å². The molecule has 0 saturated carbocycles. The normalized spacial score (nSPS) is 15.1. The third kappa shape index (κ3) is 5.10. The molecule has 164 valence electrons. The number of ether oxygens (including phenoxy) is 1. The molecule has 1 amide bonds. The first-order valence-corrected chi connectivity index (χ1v) is 10.8. The van der Waals surface area contributed by atoms with Crippen molar-refractivity contribution in [2.45, 2.75) is 53.1 Å². The zero-order valence-electron chi connectivity index (χ0n) is 19.0. The van der Waals surface area contributed by atoms with E-state index in [2.05, 4.69) is 75.2 Å². The first kappa shape index (κ1) is 22.9. The number of amides is 1. The lowest BCUT2D eigenvalue weighted by molar-refractivity contribution is -0.123. The van der Waals surface area contributed by atoms with E-state index in [9.17, 15) is 4.79 Å². The van der Waals surface area contributed by atoms with Crippen LogP contribution in [0.5, 0.6) is 5.75 Å². The third-order valence-electron chi connectivity index (χ3n) is 5.36. The molecule has 1 N–H and O–H groups in total. The van der Waals surface area contributed by atoms with Crippen LogP contribution in [-0.4, -0.2) is 30.3 Å². The van der Waals surface area contributed by atoms with Crippen molar-refractivity contribution in [2.75, 3.05) is 11.5 Å². The number of anilines is 1. The molecule has 5 nitrogen and oxygen atoms in total. The van der Waals surface area contributed by atoms with Gasteiger partial charge < -0.3 is 9.64 Å². The van der Waals surface area contributed by atoms with Crippen molar-refractivity contribution in [3.63, 3.8) is 0 Å². The van der Waals surface area contributed by atoms with Crippen LogP contribution < -0.4 is 15.1 Å². The summed E-state index contributed by atoms with van der Waals surface area (Å²) in [6.07, 6.45) is 3.98. The van der Waals surface area contributed by atoms with Crippen molar-refractivity contribution in [1.29, 1.82) is 0 Å². The average molecular weight is 440 g/mol. The molecule has 0 unspecified atom stereocenters. The second-order valence-corrected chi connectivity index (χ2v) is 9.09. The molecule has 1 heterocycles. The van der Waals surface area contributed by atoms with Crippen LogP contribution in [0.1, 0.15) is 51.3 Å². The molecule has 2 aromatic rings. The van der Waals surface area contributed by atoms with E-state index in [-0.39, 0.29) is 18.1 Å². The van der Waals surface area contributed by atoms with Gasteiger partial charge in [0.1, 0.15) is 5.75 Å². The van der Waals surface area contributed by atoms with Gasteiger partial charge in [-0.3, -0.25) is 4.79 Å². The molecule has 3 rings (SSSR count). The number of fused-ring (bicyclic) bond motifs is 1. The molecular formula is C25H30ClN3O2. The Morgan fingerprint density at radius 3 is 2.65 bits per heavy atom. The maximum atomic E-state index is 12.1. The zero-order valence-corrected chi connectivity index (χ0v) is 19.7. The highest BCUT2D eigenvalue weighted by Gasteiger charge is 2.33. The highest BCUT2D eigenvalue weighted by molar-refractivity contribution is 6.32. The number of nitrogens with zero attached hydrogens (tertiary/aromatic N) is 2. The lowest BCUT2D eigenvalue weighted by Gasteiger charge is -2.46. The zero-order chi connectivity index (χ0) is 22.8. The van der Waals surface area contributed by atoms with Crippen LogP contribution in [0.15, 0.2) is 47.6 Å². The van der Waals surface area contributed by atoms with Crippen molar-refractivity contribution in [1.82, 2.24) is 5.43 Å². The Balaban J connectivity index is 1.73. The van der Waals surface area contributed by atoms with Gasteiger partial charge in [0.2, 0.25) is 0 Å². The number of hydrogen-bond acceptors (Lipinski definition) is 4. The van der Waals surface area contributed by atoms with E-state index in [0.29, 0.717) is 16.8 Å². The summed E-state index contributed by atoms with van der Waals surface area (Å²) in [5.74, 6) is 0.115. The van der Waals surface area contributed by atoms with E-state index in [1.807, 2.05) is 0 Å². The van der Waals surface area contributed by atoms with E-state index in [1.165, 1.54) is 16.8 Å². The minimum atomic E-state index is -0.351. The summed E-state index contributed by atoms with van der Waals surface area (Å²) in [5, 5.41) is 4.59. The molecule has 0 bridgehead atoms. The second kappa shape index (κ2) is 9.15. The fourth-order valence-corrected chi connectivity index (χ4v) is 4.40. The summed E-state index contributed by atoms with van der Waals surface area (Å²) in [6, 6.07) is 11.7. The number of carbonyl (C=O) groups is 1. The molecule has 0 atom stereocenters. The molecule has 1 aliphatic heterocycles. The van der Waals surface area contributed by atoms with E-state index in [1.54, 1.807) is 30.5 Å². The lowest BCUT2D eigenvalue weighted by atomic mass is 9.86. The highest BCUT2D eigenvalue weighted by atomic mass is 35.5. The van der Waals surface area contributed by atoms with Crippen LogP contribution >= 0.6 is 11.6 Å². The van der Waals surface area contributed by atoms with Crippen molar-refractivity contribution in [3.8, 4) is 5.75 Å². The summed E-state index contributed by atoms with van der Waals surface area (Å²) in [7, 11) is 0. The summed E-state index contributed by atoms with van der Waals surface area (Å²) in [4.78, 5) is 14.5. The van der Waals surface area contributed by atoms with E-state index >= 15 is 0 Å². The molecule has 2 aromatic carbocycles. The number of hydrazone groups is 1. The maximum Gasteiger partial charge on any atom is 0.277 e. The van der Waals surface area contributed by atoms with Gasteiger partial charge in [0, 0.05) is 17.3 Å². The van der Waals surface area contributed by atoms with Crippen LogP contribution in [0.4, 0.5) is 5.69 Å². The minimum absolute atomic E-state index is 0.0527. The number of halogens is 1. The van der Waals surface area contributed by atoms with Crippen molar-refractivity contribution < 1.29 is 9.53 Å². The predicted molar refractivity (Wildman–Crippen MR) is 129 cm³/mol. The fourth-order valence-electron chi connectivity index (χ4n) is 4.21. The Kier molecular flexibility index (Phi) is 6.75. The Bertz CT molecular complexity index is 1040. The molecule has 0 aromatic heterocycles. The largest absolute Gasteiger partial charge is 0.482 e. The van der Waals surface area contributed by atoms with Gasteiger partial charge in [-0.2, -0.15) is 5.10 Å². The number of hydrogen-bond donors (Lipinski definition) is 1. The Morgan fingerprint density at radius 2 is 1.97 bits per heavy atom. The minimum Gasteiger partial charge on any atom is -0.482 e. The lowest BCUT2D eigenvalue weighted by Crippen LogP contribution is -2.49. The van der Waals surface area contributed by atoms with Gasteiger partial charge in [-0.25, -0.2) is 5.43 Å². The SMILES string of the molecule is CC1=CC(C)(C)N(C(C)C)c2cc(C)c(/C=N\NC(=O)COc3ccccc3Cl)cc21. The summed E-state index contributed by atoms with van der Waals surface area (Å²) in [5.41, 5.74) is 8.18. The number of carbonyl (C=O) groups excluding carboxylic acids is 1. The van der Waals surface area contributed by atoms with Crippen molar-refractivity contribution in [3.05, 3.63) is 64.2 Å². The van der Waals surface area contributed by atoms with E-state index in [0.717, 1.165) is 11.1 Å². The molecule has 0 fully saturated rings. The summed E-state index contributed by atoms with van der Waals surface area (Å²) >= 11 is 6.03. The number of benzene rings is 2. The highest BCUT2D eigenvalue weighted by Crippen LogP contribution is 2.41. The second-order valence-electron chi connectivity index (χ2n) is 8.68. The van der Waals surface area contributed by atoms with Crippen molar-refractivity contribution in [2.24, 2.45) is 5.10 Å². The quantitative estimate of drug-likeness (QED) is 0.471. The summed E-state index contributed by atoms with van der Waals surface area (Å²) < 4.78 is 5.44. The standard InChI is InChI=1S/C25H30ClN3O2/c1-16(2)29-22-11-17(3)19(12-20(22)18(4)13-25(29,5)6)14-27-28-24(30)15-31-23-10-8-7-9-21(23)26/h7-14,16H,15H2,1-6H3,(H,28,30)/b27-14-. The Labute approximate surface area is 189 Å². The van der Waals surface area contributed by atoms with Crippen LogP contribution in [0.25, 0.3) is 5.57 Å². The topological polar surface area (TPSA) is 53.9 Å². The molecule has 0 saturated heterocycles. The average Bonchev–Trinajstić information content (AvgIpc) is 2.67. The van der Waals surface area contributed by atoms with Gasteiger partial charge >= 0.3 is 0 Å². The first-order valence-electron chi connectivity index (χ1n) is 10.4. The molecule has 0 aliphatic carbocycles. The predicted octanol–water partition coefficient (Wildman–Crippen LogP) is 5.59.